The van der Waals surface area contributed by atoms with Crippen LogP contribution in [0.5, 0.6) is 0 Å². The standard InChI is InChI=1S/C19H24N2O4S/c1-12(2)8-15(18(22)23)21-16(19(24)25)10-14-11-26-17(20-14)9-13-6-4-3-5-7-13/h3-7,11-12,15-16,21H,8-10H2,1-2H3,(H,22,23)(H,24,25). The van der Waals surface area contributed by atoms with Crippen molar-refractivity contribution in [2.75, 3.05) is 0 Å². The van der Waals surface area contributed by atoms with Gasteiger partial charge in [0.05, 0.1) is 10.7 Å². The van der Waals surface area contributed by atoms with E-state index in [0.717, 1.165) is 10.6 Å². The van der Waals surface area contributed by atoms with E-state index in [9.17, 15) is 19.8 Å². The second kappa shape index (κ2) is 9.45. The minimum atomic E-state index is -1.07. The molecule has 0 radical (unpaired) electrons. The molecule has 0 saturated carbocycles. The Kier molecular flexibility index (Phi) is 7.29. The Bertz CT molecular complexity index is 730. The summed E-state index contributed by atoms with van der Waals surface area (Å²) in [6.45, 7) is 3.81. The fourth-order valence-electron chi connectivity index (χ4n) is 2.68. The molecule has 0 aliphatic rings. The highest BCUT2D eigenvalue weighted by atomic mass is 32.1. The normalized spacial score (nSPS) is 13.5. The lowest BCUT2D eigenvalue weighted by molar-refractivity contribution is -0.142. The molecule has 7 heteroatoms. The predicted octanol–water partition coefficient (Wildman–Crippen LogP) is 2.82. The van der Waals surface area contributed by atoms with Crippen molar-refractivity contribution in [2.45, 2.75) is 45.2 Å². The maximum atomic E-state index is 11.6. The number of hydrogen-bond acceptors (Lipinski definition) is 5. The number of carbonyl (C=O) groups is 2. The third kappa shape index (κ3) is 6.24. The number of thiazole rings is 1. The summed E-state index contributed by atoms with van der Waals surface area (Å²) < 4.78 is 0. The number of nitrogens with zero attached hydrogens (tertiary/aromatic N) is 1. The maximum absolute atomic E-state index is 11.6. The van der Waals surface area contributed by atoms with Crippen LogP contribution in [0, 0.1) is 5.92 Å². The zero-order valence-corrected chi connectivity index (χ0v) is 15.7. The van der Waals surface area contributed by atoms with Gasteiger partial charge in [-0.3, -0.25) is 14.9 Å². The number of benzene rings is 1. The number of carboxylic acids is 2. The first-order chi connectivity index (χ1) is 12.3. The number of nitrogens with one attached hydrogen (secondary N) is 1. The smallest absolute Gasteiger partial charge is 0.321 e. The van der Waals surface area contributed by atoms with Crippen molar-refractivity contribution < 1.29 is 19.8 Å². The molecule has 0 amide bonds. The fraction of sp³-hybridized carbons (Fsp3) is 0.421. The van der Waals surface area contributed by atoms with E-state index in [4.69, 9.17) is 0 Å². The molecule has 140 valence electrons. The van der Waals surface area contributed by atoms with E-state index in [1.807, 2.05) is 49.6 Å². The van der Waals surface area contributed by atoms with Gasteiger partial charge in [-0.05, 0) is 17.9 Å². The molecule has 2 atom stereocenters. The molecule has 0 saturated heterocycles. The molecule has 0 fully saturated rings. The summed E-state index contributed by atoms with van der Waals surface area (Å²) >= 11 is 1.49. The average Bonchev–Trinajstić information content (AvgIpc) is 3.00. The van der Waals surface area contributed by atoms with Crippen LogP contribution < -0.4 is 5.32 Å². The Morgan fingerprint density at radius 2 is 1.77 bits per heavy atom. The Labute approximate surface area is 156 Å². The molecule has 1 aromatic carbocycles. The maximum Gasteiger partial charge on any atom is 0.321 e. The van der Waals surface area contributed by atoms with Crippen molar-refractivity contribution in [1.82, 2.24) is 10.3 Å². The first kappa shape index (κ1) is 20.1. The highest BCUT2D eigenvalue weighted by molar-refractivity contribution is 7.09. The third-order valence-corrected chi connectivity index (χ3v) is 4.81. The predicted molar refractivity (Wildman–Crippen MR) is 101 cm³/mol. The van der Waals surface area contributed by atoms with Crippen LogP contribution in [0.15, 0.2) is 35.7 Å². The van der Waals surface area contributed by atoms with Crippen molar-refractivity contribution >= 4 is 23.3 Å². The van der Waals surface area contributed by atoms with Gasteiger partial charge in [-0.15, -0.1) is 11.3 Å². The first-order valence-corrected chi connectivity index (χ1v) is 9.42. The molecule has 3 N–H and O–H groups in total. The Morgan fingerprint density at radius 3 is 2.35 bits per heavy atom. The van der Waals surface area contributed by atoms with Gasteiger partial charge in [0.1, 0.15) is 12.1 Å². The van der Waals surface area contributed by atoms with Crippen LogP contribution in [0.4, 0.5) is 0 Å². The number of rotatable bonds is 10. The van der Waals surface area contributed by atoms with Crippen LogP contribution in [0.3, 0.4) is 0 Å². The largest absolute Gasteiger partial charge is 0.480 e. The number of hydrogen-bond donors (Lipinski definition) is 3. The summed E-state index contributed by atoms with van der Waals surface area (Å²) in [5, 5.41) is 24.3. The number of carboxylic acid groups (broad SMARTS) is 2. The van der Waals surface area contributed by atoms with E-state index in [-0.39, 0.29) is 12.3 Å². The molecule has 0 bridgehead atoms. The third-order valence-electron chi connectivity index (χ3n) is 3.92. The van der Waals surface area contributed by atoms with Crippen LogP contribution in [-0.2, 0) is 22.4 Å². The zero-order chi connectivity index (χ0) is 19.1. The molecule has 26 heavy (non-hydrogen) atoms. The van der Waals surface area contributed by atoms with Crippen molar-refractivity contribution in [3.05, 3.63) is 52.0 Å². The Balaban J connectivity index is 2.03. The van der Waals surface area contributed by atoms with Gasteiger partial charge < -0.3 is 10.2 Å². The molecule has 1 aromatic heterocycles. The van der Waals surface area contributed by atoms with E-state index in [2.05, 4.69) is 10.3 Å². The average molecular weight is 376 g/mol. The molecule has 1 heterocycles. The van der Waals surface area contributed by atoms with E-state index in [1.54, 1.807) is 0 Å². The first-order valence-electron chi connectivity index (χ1n) is 8.54. The SMILES string of the molecule is CC(C)CC(NC(Cc1csc(Cc2ccccc2)n1)C(=O)O)C(=O)O. The van der Waals surface area contributed by atoms with Gasteiger partial charge in [-0.25, -0.2) is 4.98 Å². The second-order valence-corrected chi connectivity index (χ2v) is 7.62. The monoisotopic (exact) mass is 376 g/mol. The minimum Gasteiger partial charge on any atom is -0.480 e. The highest BCUT2D eigenvalue weighted by Gasteiger charge is 2.27. The molecular weight excluding hydrogens is 352 g/mol. The van der Waals surface area contributed by atoms with Crippen molar-refractivity contribution in [1.29, 1.82) is 0 Å². The minimum absolute atomic E-state index is 0.148. The summed E-state index contributed by atoms with van der Waals surface area (Å²) in [4.78, 5) is 27.5. The van der Waals surface area contributed by atoms with E-state index < -0.39 is 24.0 Å². The Hall–Kier alpha value is -2.25. The quantitative estimate of drug-likeness (QED) is 0.590. The lowest BCUT2D eigenvalue weighted by Gasteiger charge is -2.21. The molecule has 2 aromatic rings. The summed E-state index contributed by atoms with van der Waals surface area (Å²) in [6, 6.07) is 8.05. The van der Waals surface area contributed by atoms with Gasteiger partial charge in [0.2, 0.25) is 0 Å². The number of aromatic nitrogens is 1. The molecule has 0 spiro atoms. The van der Waals surface area contributed by atoms with Crippen LogP contribution in [0.2, 0.25) is 0 Å². The van der Waals surface area contributed by atoms with Gasteiger partial charge in [0, 0.05) is 18.2 Å². The molecule has 0 aliphatic heterocycles. The summed E-state index contributed by atoms with van der Waals surface area (Å²) in [7, 11) is 0. The van der Waals surface area contributed by atoms with Crippen molar-refractivity contribution in [2.24, 2.45) is 5.92 Å². The van der Waals surface area contributed by atoms with Crippen LogP contribution in [-0.4, -0.2) is 39.2 Å². The van der Waals surface area contributed by atoms with Gasteiger partial charge in [0.25, 0.3) is 0 Å². The number of aliphatic carboxylic acids is 2. The van der Waals surface area contributed by atoms with Crippen LogP contribution in [0.25, 0.3) is 0 Å². The fourth-order valence-corrected chi connectivity index (χ4v) is 3.52. The lowest BCUT2D eigenvalue weighted by Crippen LogP contribution is -2.48. The Morgan fingerprint density at radius 1 is 1.12 bits per heavy atom. The molecule has 2 rings (SSSR count). The van der Waals surface area contributed by atoms with Crippen LogP contribution in [0.1, 0.15) is 36.5 Å². The van der Waals surface area contributed by atoms with Gasteiger partial charge >= 0.3 is 11.9 Å². The summed E-state index contributed by atoms with van der Waals surface area (Å²) in [5.74, 6) is -1.96. The zero-order valence-electron chi connectivity index (χ0n) is 14.9. The van der Waals surface area contributed by atoms with Gasteiger partial charge in [-0.1, -0.05) is 44.2 Å². The molecule has 6 nitrogen and oxygen atoms in total. The molecule has 2 unspecified atom stereocenters. The second-order valence-electron chi connectivity index (χ2n) is 6.68. The van der Waals surface area contributed by atoms with Crippen molar-refractivity contribution in [3.8, 4) is 0 Å². The van der Waals surface area contributed by atoms with Gasteiger partial charge in [-0.2, -0.15) is 0 Å². The van der Waals surface area contributed by atoms with Crippen molar-refractivity contribution in [3.63, 3.8) is 0 Å². The molecular formula is C19H24N2O4S. The van der Waals surface area contributed by atoms with Crippen LogP contribution >= 0.6 is 11.3 Å². The topological polar surface area (TPSA) is 99.5 Å². The lowest BCUT2D eigenvalue weighted by atomic mass is 10.0. The summed E-state index contributed by atoms with van der Waals surface area (Å²) in [5.41, 5.74) is 1.80. The highest BCUT2D eigenvalue weighted by Crippen LogP contribution is 2.16. The summed E-state index contributed by atoms with van der Waals surface area (Å²) in [6.07, 6.45) is 1.22. The van der Waals surface area contributed by atoms with Gasteiger partial charge in [0.15, 0.2) is 0 Å². The van der Waals surface area contributed by atoms with E-state index in [0.29, 0.717) is 18.5 Å². The van der Waals surface area contributed by atoms with E-state index in [1.165, 1.54) is 11.3 Å². The molecule has 0 aliphatic carbocycles. The van der Waals surface area contributed by atoms with E-state index >= 15 is 0 Å².